The summed E-state index contributed by atoms with van der Waals surface area (Å²) in [5.41, 5.74) is 0. The van der Waals surface area contributed by atoms with Crippen LogP contribution in [0, 0.1) is 5.92 Å². The van der Waals surface area contributed by atoms with Crippen molar-refractivity contribution < 1.29 is 9.90 Å². The third kappa shape index (κ3) is 3.59. The van der Waals surface area contributed by atoms with Crippen LogP contribution in [0.2, 0.25) is 0 Å². The van der Waals surface area contributed by atoms with Crippen molar-refractivity contribution in [3.05, 3.63) is 12.4 Å². The third-order valence-corrected chi connectivity index (χ3v) is 3.68. The first kappa shape index (κ1) is 14.6. The number of hydrogen-bond acceptors (Lipinski definition) is 5. The van der Waals surface area contributed by atoms with Gasteiger partial charge in [0, 0.05) is 32.7 Å². The number of nitrogens with zero attached hydrogens (tertiary/aromatic N) is 4. The highest BCUT2D eigenvalue weighted by atomic mass is 16.4. The summed E-state index contributed by atoms with van der Waals surface area (Å²) in [5, 5.41) is 8.97. The van der Waals surface area contributed by atoms with Crippen LogP contribution in [0.5, 0.6) is 0 Å². The Bertz CT molecular complexity index is 460. The van der Waals surface area contributed by atoms with Crippen molar-refractivity contribution >= 4 is 17.6 Å². The minimum Gasteiger partial charge on any atom is -0.481 e. The summed E-state index contributed by atoms with van der Waals surface area (Å²) < 4.78 is 0. The van der Waals surface area contributed by atoms with E-state index in [0.29, 0.717) is 6.54 Å². The zero-order valence-corrected chi connectivity index (χ0v) is 12.1. The van der Waals surface area contributed by atoms with Crippen LogP contribution in [0.4, 0.5) is 11.6 Å². The number of aromatic nitrogens is 2. The normalized spacial score (nSPS) is 16.8. The quantitative estimate of drug-likeness (QED) is 0.882. The molecule has 1 aliphatic heterocycles. The van der Waals surface area contributed by atoms with Crippen molar-refractivity contribution in [3.8, 4) is 0 Å². The van der Waals surface area contributed by atoms with Crippen LogP contribution in [0.15, 0.2) is 12.4 Å². The van der Waals surface area contributed by atoms with E-state index in [1.165, 1.54) is 19.3 Å². The van der Waals surface area contributed by atoms with E-state index in [9.17, 15) is 4.79 Å². The number of hydrogen-bond donors (Lipinski definition) is 1. The van der Waals surface area contributed by atoms with Crippen LogP contribution in [-0.4, -0.2) is 47.7 Å². The molecular formula is C14H22N4O2. The molecular weight excluding hydrogens is 256 g/mol. The second-order valence-corrected chi connectivity index (χ2v) is 5.40. The van der Waals surface area contributed by atoms with E-state index >= 15 is 0 Å². The van der Waals surface area contributed by atoms with E-state index in [4.69, 9.17) is 5.11 Å². The third-order valence-electron chi connectivity index (χ3n) is 3.68. The Morgan fingerprint density at radius 2 is 2.10 bits per heavy atom. The molecule has 0 bridgehead atoms. The van der Waals surface area contributed by atoms with Crippen LogP contribution in [0.3, 0.4) is 0 Å². The van der Waals surface area contributed by atoms with Crippen molar-refractivity contribution in [2.75, 3.05) is 36.5 Å². The van der Waals surface area contributed by atoms with E-state index in [1.54, 1.807) is 13.3 Å². The lowest BCUT2D eigenvalue weighted by molar-refractivity contribution is -0.140. The van der Waals surface area contributed by atoms with Crippen LogP contribution in [-0.2, 0) is 4.79 Å². The lowest BCUT2D eigenvalue weighted by Gasteiger charge is -2.28. The van der Waals surface area contributed by atoms with Gasteiger partial charge in [-0.2, -0.15) is 0 Å². The number of piperidine rings is 1. The highest BCUT2D eigenvalue weighted by molar-refractivity contribution is 5.70. The van der Waals surface area contributed by atoms with Gasteiger partial charge < -0.3 is 14.9 Å². The van der Waals surface area contributed by atoms with Crippen LogP contribution >= 0.6 is 0 Å². The molecule has 0 aromatic carbocycles. The molecule has 20 heavy (non-hydrogen) atoms. The largest absolute Gasteiger partial charge is 0.481 e. The zero-order chi connectivity index (χ0) is 14.5. The first-order valence-electron chi connectivity index (χ1n) is 7.09. The molecule has 1 aliphatic rings. The predicted octanol–water partition coefficient (Wildman–Crippen LogP) is 1.62. The summed E-state index contributed by atoms with van der Waals surface area (Å²) >= 11 is 0. The van der Waals surface area contributed by atoms with E-state index in [0.717, 1.165) is 24.7 Å². The Morgan fingerprint density at radius 1 is 1.40 bits per heavy atom. The Hall–Kier alpha value is -1.85. The minimum atomic E-state index is -0.790. The summed E-state index contributed by atoms with van der Waals surface area (Å²) in [6.45, 7) is 4.20. The fourth-order valence-corrected chi connectivity index (χ4v) is 2.42. The van der Waals surface area contributed by atoms with E-state index in [2.05, 4.69) is 14.9 Å². The van der Waals surface area contributed by atoms with Gasteiger partial charge in [0.05, 0.1) is 5.92 Å². The summed E-state index contributed by atoms with van der Waals surface area (Å²) in [6, 6.07) is 1.94. The molecule has 0 amide bonds. The van der Waals surface area contributed by atoms with Gasteiger partial charge in [-0.3, -0.25) is 4.79 Å². The van der Waals surface area contributed by atoms with Gasteiger partial charge in [-0.1, -0.05) is 6.92 Å². The van der Waals surface area contributed by atoms with Gasteiger partial charge in [0.2, 0.25) is 0 Å². The smallest absolute Gasteiger partial charge is 0.308 e. The van der Waals surface area contributed by atoms with Gasteiger partial charge in [0.15, 0.2) is 0 Å². The maximum atomic E-state index is 10.9. The Kier molecular flexibility index (Phi) is 4.76. The molecule has 6 nitrogen and oxygen atoms in total. The molecule has 1 fully saturated rings. The van der Waals surface area contributed by atoms with Gasteiger partial charge in [-0.05, 0) is 19.3 Å². The second-order valence-electron chi connectivity index (χ2n) is 5.40. The summed E-state index contributed by atoms with van der Waals surface area (Å²) in [5.74, 6) is 0.494. The van der Waals surface area contributed by atoms with Gasteiger partial charge >= 0.3 is 5.97 Å². The highest BCUT2D eigenvalue weighted by Crippen LogP contribution is 2.21. The zero-order valence-electron chi connectivity index (χ0n) is 12.1. The molecule has 1 atom stereocenters. The molecule has 6 heteroatoms. The summed E-state index contributed by atoms with van der Waals surface area (Å²) in [4.78, 5) is 23.6. The van der Waals surface area contributed by atoms with Gasteiger partial charge in [-0.25, -0.2) is 9.97 Å². The number of anilines is 2. The van der Waals surface area contributed by atoms with Crippen molar-refractivity contribution in [2.24, 2.45) is 5.92 Å². The monoisotopic (exact) mass is 278 g/mol. The van der Waals surface area contributed by atoms with Gasteiger partial charge in [-0.15, -0.1) is 0 Å². The molecule has 110 valence electrons. The summed E-state index contributed by atoms with van der Waals surface area (Å²) in [7, 11) is 1.86. The number of carboxylic acids is 1. The molecule has 1 N–H and O–H groups in total. The molecule has 2 heterocycles. The first-order chi connectivity index (χ1) is 9.58. The standard InChI is InChI=1S/C14H22N4O2/c1-11(14(19)20)9-17(2)12-8-13(16-10-15-12)18-6-4-3-5-7-18/h8,10-11H,3-7,9H2,1-2H3,(H,19,20). The number of aliphatic carboxylic acids is 1. The van der Waals surface area contributed by atoms with E-state index in [1.807, 2.05) is 18.0 Å². The van der Waals surface area contributed by atoms with Crippen molar-refractivity contribution in [2.45, 2.75) is 26.2 Å². The Morgan fingerprint density at radius 3 is 2.75 bits per heavy atom. The average molecular weight is 278 g/mol. The maximum Gasteiger partial charge on any atom is 0.308 e. The predicted molar refractivity (Wildman–Crippen MR) is 78.2 cm³/mol. The molecule has 0 saturated carbocycles. The van der Waals surface area contributed by atoms with Crippen molar-refractivity contribution in [1.82, 2.24) is 9.97 Å². The Balaban J connectivity index is 2.06. The average Bonchev–Trinajstić information content (AvgIpc) is 2.48. The molecule has 1 aromatic heterocycles. The van der Waals surface area contributed by atoms with E-state index < -0.39 is 11.9 Å². The van der Waals surface area contributed by atoms with E-state index in [-0.39, 0.29) is 0 Å². The Labute approximate surface area is 119 Å². The number of carboxylic acid groups (broad SMARTS) is 1. The molecule has 1 saturated heterocycles. The lowest BCUT2D eigenvalue weighted by Crippen LogP contribution is -2.31. The fraction of sp³-hybridized carbons (Fsp3) is 0.643. The summed E-state index contributed by atoms with van der Waals surface area (Å²) in [6.07, 6.45) is 5.24. The van der Waals surface area contributed by atoms with Crippen LogP contribution in [0.25, 0.3) is 0 Å². The molecule has 1 aromatic rings. The van der Waals surface area contributed by atoms with Crippen LogP contribution < -0.4 is 9.80 Å². The van der Waals surface area contributed by atoms with Crippen molar-refractivity contribution in [1.29, 1.82) is 0 Å². The number of carbonyl (C=O) groups is 1. The number of rotatable bonds is 5. The molecule has 0 radical (unpaired) electrons. The maximum absolute atomic E-state index is 10.9. The van der Waals surface area contributed by atoms with Gasteiger partial charge in [0.1, 0.15) is 18.0 Å². The fourth-order valence-electron chi connectivity index (χ4n) is 2.42. The molecule has 2 rings (SSSR count). The second kappa shape index (κ2) is 6.54. The van der Waals surface area contributed by atoms with Crippen LogP contribution in [0.1, 0.15) is 26.2 Å². The topological polar surface area (TPSA) is 69.6 Å². The first-order valence-corrected chi connectivity index (χ1v) is 7.09. The molecule has 0 aliphatic carbocycles. The van der Waals surface area contributed by atoms with Gasteiger partial charge in [0.25, 0.3) is 0 Å². The molecule has 1 unspecified atom stereocenters. The minimum absolute atomic E-state index is 0.423. The van der Waals surface area contributed by atoms with Crippen molar-refractivity contribution in [3.63, 3.8) is 0 Å². The molecule has 0 spiro atoms. The SMILES string of the molecule is CC(CN(C)c1cc(N2CCCCC2)ncn1)C(=O)O. The highest BCUT2D eigenvalue weighted by Gasteiger charge is 2.17. The lowest BCUT2D eigenvalue weighted by atomic mass is 10.1.